The monoisotopic (exact) mass is 290 g/mol. The normalized spacial score (nSPS) is 12.6. The van der Waals surface area contributed by atoms with Crippen molar-refractivity contribution in [1.29, 1.82) is 0 Å². The number of carboxylic acid groups (broad SMARTS) is 2. The minimum atomic E-state index is -1.16. The van der Waals surface area contributed by atoms with Crippen molar-refractivity contribution in [2.24, 2.45) is 0 Å². The number of alkyl carbamates (subject to hydrolysis) is 1. The molecule has 0 aliphatic heterocycles. The molecule has 0 saturated carbocycles. The van der Waals surface area contributed by atoms with Gasteiger partial charge in [0.1, 0.15) is 11.6 Å². The molecule has 0 aromatic rings. The minimum absolute atomic E-state index is 0.182. The fourth-order valence-electron chi connectivity index (χ4n) is 1.33. The lowest BCUT2D eigenvalue weighted by Crippen LogP contribution is -2.43. The Morgan fingerprint density at radius 1 is 1.20 bits per heavy atom. The Morgan fingerprint density at radius 2 is 1.80 bits per heavy atom. The van der Waals surface area contributed by atoms with Crippen LogP contribution in [0, 0.1) is 0 Å². The Labute approximate surface area is 117 Å². The average Bonchev–Trinajstić information content (AvgIpc) is 2.23. The van der Waals surface area contributed by atoms with E-state index >= 15 is 0 Å². The van der Waals surface area contributed by atoms with Gasteiger partial charge in [0, 0.05) is 0 Å². The van der Waals surface area contributed by atoms with Gasteiger partial charge >= 0.3 is 18.0 Å². The maximum absolute atomic E-state index is 11.5. The number of amides is 1. The van der Waals surface area contributed by atoms with Crippen LogP contribution in [0.25, 0.3) is 0 Å². The average molecular weight is 290 g/mol. The van der Waals surface area contributed by atoms with Gasteiger partial charge in [-0.25, -0.2) is 9.59 Å². The first-order valence-corrected chi connectivity index (χ1v) is 6.26. The van der Waals surface area contributed by atoms with Crippen LogP contribution in [-0.4, -0.2) is 53.0 Å². The molecule has 1 amide bonds. The smallest absolute Gasteiger partial charge is 0.408 e. The van der Waals surface area contributed by atoms with Crippen molar-refractivity contribution in [2.45, 2.75) is 45.3 Å². The highest BCUT2D eigenvalue weighted by atomic mass is 16.6. The summed E-state index contributed by atoms with van der Waals surface area (Å²) in [6.45, 7) is 5.21. The SMILES string of the molecule is CC(C)(C)OC(=O)N[C@@H](CCCNCC(=O)O)C(=O)O. The third kappa shape index (κ3) is 10.1. The lowest BCUT2D eigenvalue weighted by molar-refractivity contribution is -0.140. The molecule has 20 heavy (non-hydrogen) atoms. The molecule has 0 radical (unpaired) electrons. The van der Waals surface area contributed by atoms with Crippen LogP contribution < -0.4 is 10.6 Å². The Balaban J connectivity index is 4.08. The zero-order chi connectivity index (χ0) is 15.8. The van der Waals surface area contributed by atoms with Crippen LogP contribution in [0.3, 0.4) is 0 Å². The molecule has 0 unspecified atom stereocenters. The van der Waals surface area contributed by atoms with E-state index in [1.165, 1.54) is 0 Å². The third-order valence-electron chi connectivity index (χ3n) is 2.11. The molecule has 0 rings (SSSR count). The summed E-state index contributed by atoms with van der Waals surface area (Å²) in [5.41, 5.74) is -0.698. The lowest BCUT2D eigenvalue weighted by Gasteiger charge is -2.22. The van der Waals surface area contributed by atoms with Gasteiger partial charge in [-0.15, -0.1) is 0 Å². The number of hydrogen-bond acceptors (Lipinski definition) is 5. The second-order valence-corrected chi connectivity index (χ2v) is 5.25. The fraction of sp³-hybridized carbons (Fsp3) is 0.750. The number of carbonyl (C=O) groups is 3. The van der Waals surface area contributed by atoms with Crippen LogP contribution in [0.4, 0.5) is 4.79 Å². The van der Waals surface area contributed by atoms with Gasteiger partial charge in [0.25, 0.3) is 0 Å². The van der Waals surface area contributed by atoms with Crippen LogP contribution in [0.15, 0.2) is 0 Å². The second-order valence-electron chi connectivity index (χ2n) is 5.25. The van der Waals surface area contributed by atoms with E-state index in [-0.39, 0.29) is 13.0 Å². The largest absolute Gasteiger partial charge is 0.480 e. The highest BCUT2D eigenvalue weighted by Gasteiger charge is 2.23. The van der Waals surface area contributed by atoms with E-state index < -0.39 is 29.7 Å². The van der Waals surface area contributed by atoms with Gasteiger partial charge in [0.05, 0.1) is 6.54 Å². The molecule has 0 heterocycles. The molecule has 0 saturated heterocycles. The molecule has 116 valence electrons. The summed E-state index contributed by atoms with van der Waals surface area (Å²) < 4.78 is 4.97. The number of hydrogen-bond donors (Lipinski definition) is 4. The Morgan fingerprint density at radius 3 is 2.25 bits per heavy atom. The molecule has 0 bridgehead atoms. The molecule has 8 nitrogen and oxygen atoms in total. The van der Waals surface area contributed by atoms with E-state index in [2.05, 4.69) is 10.6 Å². The highest BCUT2D eigenvalue weighted by molar-refractivity contribution is 5.79. The van der Waals surface area contributed by atoms with Crippen molar-refractivity contribution in [3.63, 3.8) is 0 Å². The summed E-state index contributed by atoms with van der Waals surface area (Å²) in [5.74, 6) is -2.14. The topological polar surface area (TPSA) is 125 Å². The number of aliphatic carboxylic acids is 2. The maximum atomic E-state index is 11.5. The summed E-state index contributed by atoms with van der Waals surface area (Å²) in [6.07, 6.45) is -0.190. The van der Waals surface area contributed by atoms with Gasteiger partial charge < -0.3 is 25.6 Å². The van der Waals surface area contributed by atoms with Gasteiger partial charge in [-0.05, 0) is 40.2 Å². The van der Waals surface area contributed by atoms with Gasteiger partial charge in [0.15, 0.2) is 0 Å². The van der Waals surface area contributed by atoms with Gasteiger partial charge in [-0.1, -0.05) is 0 Å². The second kappa shape index (κ2) is 8.36. The number of carbonyl (C=O) groups excluding carboxylic acids is 1. The summed E-state index contributed by atoms with van der Waals surface area (Å²) >= 11 is 0. The Hall–Kier alpha value is -1.83. The van der Waals surface area contributed by atoms with E-state index in [0.717, 1.165) is 0 Å². The van der Waals surface area contributed by atoms with Gasteiger partial charge in [0.2, 0.25) is 0 Å². The van der Waals surface area contributed by atoms with Crippen LogP contribution in [-0.2, 0) is 14.3 Å². The van der Waals surface area contributed by atoms with E-state index in [9.17, 15) is 14.4 Å². The molecule has 0 spiro atoms. The molecule has 1 atom stereocenters. The summed E-state index contributed by atoms with van der Waals surface area (Å²) in [4.78, 5) is 32.7. The van der Waals surface area contributed by atoms with Crippen LogP contribution in [0.1, 0.15) is 33.6 Å². The lowest BCUT2D eigenvalue weighted by atomic mass is 10.1. The minimum Gasteiger partial charge on any atom is -0.480 e. The molecule has 0 fully saturated rings. The molecule has 0 aliphatic carbocycles. The fourth-order valence-corrected chi connectivity index (χ4v) is 1.33. The molecular formula is C12H22N2O6. The summed E-state index contributed by atoms with van der Waals surface area (Å²) in [5, 5.41) is 22.3. The van der Waals surface area contributed by atoms with Crippen LogP contribution >= 0.6 is 0 Å². The molecule has 4 N–H and O–H groups in total. The third-order valence-corrected chi connectivity index (χ3v) is 2.11. The maximum Gasteiger partial charge on any atom is 0.408 e. The number of nitrogens with one attached hydrogen (secondary N) is 2. The number of carboxylic acids is 2. The van der Waals surface area contributed by atoms with Crippen LogP contribution in [0.2, 0.25) is 0 Å². The standard InChI is InChI=1S/C12H22N2O6/c1-12(2,3)20-11(19)14-8(10(17)18)5-4-6-13-7-9(15)16/h8,13H,4-7H2,1-3H3,(H,14,19)(H,15,16)(H,17,18)/t8-/m0/s1. The van der Waals surface area contributed by atoms with E-state index in [1.807, 2.05) is 0 Å². The van der Waals surface area contributed by atoms with Crippen molar-refractivity contribution in [3.8, 4) is 0 Å². The Bertz CT molecular complexity index is 350. The van der Waals surface area contributed by atoms with Crippen molar-refractivity contribution in [2.75, 3.05) is 13.1 Å². The van der Waals surface area contributed by atoms with E-state index in [4.69, 9.17) is 14.9 Å². The predicted molar refractivity (Wildman–Crippen MR) is 70.5 cm³/mol. The zero-order valence-corrected chi connectivity index (χ0v) is 11.9. The molecular weight excluding hydrogens is 268 g/mol. The van der Waals surface area contributed by atoms with Crippen molar-refractivity contribution in [3.05, 3.63) is 0 Å². The first-order chi connectivity index (χ1) is 9.11. The van der Waals surface area contributed by atoms with Crippen LogP contribution in [0.5, 0.6) is 0 Å². The Kier molecular flexibility index (Phi) is 7.60. The van der Waals surface area contributed by atoms with Crippen molar-refractivity contribution >= 4 is 18.0 Å². The van der Waals surface area contributed by atoms with E-state index in [0.29, 0.717) is 13.0 Å². The van der Waals surface area contributed by atoms with Gasteiger partial charge in [-0.3, -0.25) is 4.79 Å². The van der Waals surface area contributed by atoms with E-state index in [1.54, 1.807) is 20.8 Å². The highest BCUT2D eigenvalue weighted by Crippen LogP contribution is 2.07. The quantitative estimate of drug-likeness (QED) is 0.477. The molecule has 8 heteroatoms. The number of ether oxygens (including phenoxy) is 1. The number of rotatable bonds is 8. The molecule has 0 aromatic carbocycles. The molecule has 0 aliphatic rings. The first-order valence-electron chi connectivity index (χ1n) is 6.26. The molecule has 0 aromatic heterocycles. The van der Waals surface area contributed by atoms with Gasteiger partial charge in [-0.2, -0.15) is 0 Å². The van der Waals surface area contributed by atoms with Crippen molar-refractivity contribution < 1.29 is 29.3 Å². The zero-order valence-electron chi connectivity index (χ0n) is 11.9. The summed E-state index contributed by atoms with van der Waals surface area (Å²) in [6, 6.07) is -1.06. The first kappa shape index (κ1) is 18.2. The summed E-state index contributed by atoms with van der Waals surface area (Å²) in [7, 11) is 0. The van der Waals surface area contributed by atoms with Crippen molar-refractivity contribution in [1.82, 2.24) is 10.6 Å². The predicted octanol–water partition coefficient (Wildman–Crippen LogP) is 0.419.